The van der Waals surface area contributed by atoms with Crippen molar-refractivity contribution < 1.29 is 38.8 Å². The predicted molar refractivity (Wildman–Crippen MR) is 73.2 cm³/mol. The average molecular weight is 401 g/mol. The summed E-state index contributed by atoms with van der Waals surface area (Å²) < 4.78 is 1.74. The lowest BCUT2D eigenvalue weighted by Crippen LogP contribution is -3.00. The SMILES string of the molecule is Cc1c(O)c(/C=N/Nc2ncccn2)c(CO)c[n+]1C.[I-]. The first-order valence-electron chi connectivity index (χ1n) is 6.01. The summed E-state index contributed by atoms with van der Waals surface area (Å²) in [5, 5.41) is 23.4. The first-order valence-corrected chi connectivity index (χ1v) is 6.01. The van der Waals surface area contributed by atoms with Gasteiger partial charge in [0.15, 0.2) is 11.9 Å². The van der Waals surface area contributed by atoms with E-state index in [0.29, 0.717) is 22.8 Å². The van der Waals surface area contributed by atoms with Crippen molar-refractivity contribution in [1.29, 1.82) is 0 Å². The maximum absolute atomic E-state index is 10.1. The Bertz CT molecular complexity index is 634. The van der Waals surface area contributed by atoms with Gasteiger partial charge in [0.1, 0.15) is 7.05 Å². The van der Waals surface area contributed by atoms with Crippen molar-refractivity contribution in [1.82, 2.24) is 9.97 Å². The molecule has 2 heterocycles. The van der Waals surface area contributed by atoms with Crippen LogP contribution in [0.1, 0.15) is 16.8 Å². The molecule has 0 aliphatic rings. The van der Waals surface area contributed by atoms with Crippen molar-refractivity contribution in [3.05, 3.63) is 41.5 Å². The van der Waals surface area contributed by atoms with Crippen LogP contribution < -0.4 is 34.0 Å². The standard InChI is InChI=1S/C13H15N5O2.HI/c1-9-12(20)11(10(8-19)7-18(9)2)6-16-17-13-14-4-3-5-15-13;/h3-7,19-20H,8H2,1-2H3;1H. The lowest BCUT2D eigenvalue weighted by atomic mass is 10.1. The van der Waals surface area contributed by atoms with E-state index in [1.54, 1.807) is 43.2 Å². The zero-order chi connectivity index (χ0) is 14.5. The zero-order valence-corrected chi connectivity index (χ0v) is 13.8. The van der Waals surface area contributed by atoms with E-state index < -0.39 is 0 Å². The van der Waals surface area contributed by atoms with Crippen LogP contribution >= 0.6 is 0 Å². The van der Waals surface area contributed by atoms with E-state index in [2.05, 4.69) is 20.5 Å². The summed E-state index contributed by atoms with van der Waals surface area (Å²) in [5.74, 6) is 0.436. The Hall–Kier alpha value is -1.81. The Morgan fingerprint density at radius 2 is 2.05 bits per heavy atom. The van der Waals surface area contributed by atoms with Crippen LogP contribution in [0.25, 0.3) is 0 Å². The topological polar surface area (TPSA) is 94.5 Å². The molecule has 0 saturated carbocycles. The predicted octanol–water partition coefficient (Wildman–Crippen LogP) is -2.74. The molecular formula is C13H16IN5O2. The minimum Gasteiger partial charge on any atom is -1.00 e. The highest BCUT2D eigenvalue weighted by molar-refractivity contribution is 5.85. The fourth-order valence-corrected chi connectivity index (χ4v) is 1.70. The number of aromatic hydroxyl groups is 1. The normalized spacial score (nSPS) is 10.4. The fourth-order valence-electron chi connectivity index (χ4n) is 1.70. The molecule has 0 spiro atoms. The number of pyridine rings is 1. The molecule has 0 atom stereocenters. The lowest BCUT2D eigenvalue weighted by Gasteiger charge is -2.06. The molecule has 0 unspecified atom stereocenters. The highest BCUT2D eigenvalue weighted by Gasteiger charge is 2.17. The molecule has 0 aliphatic heterocycles. The van der Waals surface area contributed by atoms with Crippen molar-refractivity contribution >= 4 is 12.2 Å². The molecule has 112 valence electrons. The number of aliphatic hydroxyl groups excluding tert-OH is 1. The van der Waals surface area contributed by atoms with Crippen molar-refractivity contribution in [2.45, 2.75) is 13.5 Å². The zero-order valence-electron chi connectivity index (χ0n) is 11.7. The van der Waals surface area contributed by atoms with Gasteiger partial charge in [-0.1, -0.05) is 0 Å². The minimum absolute atomic E-state index is 0. The number of aromatic nitrogens is 3. The van der Waals surface area contributed by atoms with Crippen molar-refractivity contribution in [2.75, 3.05) is 5.43 Å². The van der Waals surface area contributed by atoms with Crippen LogP contribution in [0.3, 0.4) is 0 Å². The van der Waals surface area contributed by atoms with Gasteiger partial charge in [-0.05, 0) is 6.07 Å². The van der Waals surface area contributed by atoms with Gasteiger partial charge in [-0.2, -0.15) is 5.10 Å². The van der Waals surface area contributed by atoms with Crippen molar-refractivity contribution in [2.24, 2.45) is 12.1 Å². The Morgan fingerprint density at radius 1 is 1.38 bits per heavy atom. The van der Waals surface area contributed by atoms with Crippen LogP contribution in [0.5, 0.6) is 5.75 Å². The summed E-state index contributed by atoms with van der Waals surface area (Å²) in [6.45, 7) is 1.59. The Kier molecular flexibility index (Phi) is 6.43. The van der Waals surface area contributed by atoms with Crippen LogP contribution in [-0.2, 0) is 13.7 Å². The number of hydrogen-bond acceptors (Lipinski definition) is 6. The number of hydrazone groups is 1. The Balaban J connectivity index is 0.00000220. The van der Waals surface area contributed by atoms with Gasteiger partial charge in [0.25, 0.3) is 0 Å². The number of nitrogens with zero attached hydrogens (tertiary/aromatic N) is 4. The molecule has 2 rings (SSSR count). The summed E-state index contributed by atoms with van der Waals surface area (Å²) in [7, 11) is 1.80. The molecule has 0 bridgehead atoms. The number of rotatable bonds is 4. The number of aryl methyl sites for hydroxylation is 1. The maximum Gasteiger partial charge on any atom is 0.243 e. The third-order valence-electron chi connectivity index (χ3n) is 2.92. The van der Waals surface area contributed by atoms with Gasteiger partial charge in [-0.3, -0.25) is 0 Å². The lowest BCUT2D eigenvalue weighted by molar-refractivity contribution is -0.678. The molecule has 0 aromatic carbocycles. The van der Waals surface area contributed by atoms with E-state index >= 15 is 0 Å². The van der Waals surface area contributed by atoms with E-state index in [0.717, 1.165) is 0 Å². The number of nitrogens with one attached hydrogen (secondary N) is 1. The third-order valence-corrected chi connectivity index (χ3v) is 2.92. The Labute approximate surface area is 139 Å². The van der Waals surface area contributed by atoms with Crippen LogP contribution in [0, 0.1) is 6.92 Å². The van der Waals surface area contributed by atoms with Crippen LogP contribution in [0.15, 0.2) is 29.8 Å². The molecule has 0 radical (unpaired) electrons. The molecule has 2 aromatic rings. The molecule has 2 aromatic heterocycles. The second kappa shape index (κ2) is 7.84. The minimum atomic E-state index is -0.190. The summed E-state index contributed by atoms with van der Waals surface area (Å²) >= 11 is 0. The van der Waals surface area contributed by atoms with E-state index in [4.69, 9.17) is 0 Å². The summed E-state index contributed by atoms with van der Waals surface area (Å²) in [6.07, 6.45) is 6.36. The number of halogens is 1. The van der Waals surface area contributed by atoms with Crippen LogP contribution in [0.4, 0.5) is 5.95 Å². The van der Waals surface area contributed by atoms with E-state index in [9.17, 15) is 10.2 Å². The van der Waals surface area contributed by atoms with Crippen molar-refractivity contribution in [3.8, 4) is 5.75 Å². The number of anilines is 1. The maximum atomic E-state index is 10.1. The summed E-state index contributed by atoms with van der Waals surface area (Å²) in [5.41, 5.74) is 4.38. The van der Waals surface area contributed by atoms with Gasteiger partial charge in [0.2, 0.25) is 11.6 Å². The average Bonchev–Trinajstić information content (AvgIpc) is 2.48. The quantitative estimate of drug-likeness (QED) is 0.224. The van der Waals surface area contributed by atoms with Gasteiger partial charge in [-0.25, -0.2) is 20.0 Å². The Morgan fingerprint density at radius 3 is 2.67 bits per heavy atom. The fraction of sp³-hybridized carbons (Fsp3) is 0.231. The van der Waals surface area contributed by atoms with E-state index in [-0.39, 0.29) is 36.3 Å². The second-order valence-corrected chi connectivity index (χ2v) is 4.21. The van der Waals surface area contributed by atoms with Crippen LogP contribution in [0.2, 0.25) is 0 Å². The van der Waals surface area contributed by atoms with Gasteiger partial charge >= 0.3 is 0 Å². The molecule has 0 amide bonds. The van der Waals surface area contributed by atoms with Crippen LogP contribution in [-0.4, -0.2) is 26.4 Å². The first kappa shape index (κ1) is 17.2. The number of aliphatic hydroxyl groups is 1. The van der Waals surface area contributed by atoms with E-state index in [1.807, 2.05) is 0 Å². The first-order chi connectivity index (χ1) is 9.63. The van der Waals surface area contributed by atoms with Gasteiger partial charge in [-0.15, -0.1) is 0 Å². The third kappa shape index (κ3) is 4.08. The van der Waals surface area contributed by atoms with Crippen molar-refractivity contribution in [3.63, 3.8) is 0 Å². The number of hydrogen-bond donors (Lipinski definition) is 3. The molecule has 7 nitrogen and oxygen atoms in total. The molecular weight excluding hydrogens is 385 g/mol. The monoisotopic (exact) mass is 401 g/mol. The van der Waals surface area contributed by atoms with Gasteiger partial charge in [0.05, 0.1) is 23.9 Å². The molecule has 8 heteroatoms. The highest BCUT2D eigenvalue weighted by Crippen LogP contribution is 2.20. The molecule has 0 aliphatic carbocycles. The van der Waals surface area contributed by atoms with Gasteiger partial charge in [0, 0.05) is 19.3 Å². The molecule has 0 fully saturated rings. The summed E-state index contributed by atoms with van der Waals surface area (Å²) in [4.78, 5) is 7.91. The summed E-state index contributed by atoms with van der Waals surface area (Å²) in [6, 6.07) is 1.70. The van der Waals surface area contributed by atoms with E-state index in [1.165, 1.54) is 6.21 Å². The highest BCUT2D eigenvalue weighted by atomic mass is 127. The smallest absolute Gasteiger partial charge is 0.243 e. The molecule has 21 heavy (non-hydrogen) atoms. The molecule has 0 saturated heterocycles. The van der Waals surface area contributed by atoms with Gasteiger partial charge < -0.3 is 34.2 Å². The largest absolute Gasteiger partial charge is 1.00 e. The molecule has 3 N–H and O–H groups in total. The second-order valence-electron chi connectivity index (χ2n) is 4.21.